The molecule has 0 unspecified atom stereocenters. The van der Waals surface area contributed by atoms with E-state index < -0.39 is 67.2 Å². The number of esters is 4. The van der Waals surface area contributed by atoms with Crippen molar-refractivity contribution >= 4 is 35.7 Å². The maximum Gasteiger partial charge on any atom is 0.412 e. The average Bonchev–Trinajstić information content (AvgIpc) is 3.33. The van der Waals surface area contributed by atoms with E-state index >= 15 is 0 Å². The molecule has 2 aromatic rings. The number of carbonyl (C=O) groups is 5. The van der Waals surface area contributed by atoms with Crippen LogP contribution in [0.2, 0.25) is 0 Å². The van der Waals surface area contributed by atoms with Crippen molar-refractivity contribution in [2.45, 2.75) is 64.9 Å². The summed E-state index contributed by atoms with van der Waals surface area (Å²) >= 11 is 0. The molecule has 0 aliphatic carbocycles. The molecule has 1 aromatic heterocycles. The third kappa shape index (κ3) is 8.49. The fourth-order valence-corrected chi connectivity index (χ4v) is 3.74. The van der Waals surface area contributed by atoms with Gasteiger partial charge in [-0.3, -0.25) is 24.5 Å². The monoisotopic (exact) mass is 548 g/mol. The number of rotatable bonds is 9. The first-order valence-electron chi connectivity index (χ1n) is 11.7. The number of amides is 1. The molecule has 39 heavy (non-hydrogen) atoms. The van der Waals surface area contributed by atoms with E-state index in [0.29, 0.717) is 5.69 Å². The van der Waals surface area contributed by atoms with Crippen LogP contribution in [-0.4, -0.2) is 76.0 Å². The second-order valence-electron chi connectivity index (χ2n) is 8.35. The first kappa shape index (κ1) is 29.0. The van der Waals surface area contributed by atoms with Gasteiger partial charge in [0.25, 0.3) is 0 Å². The zero-order chi connectivity index (χ0) is 28.5. The molecule has 1 saturated heterocycles. The highest BCUT2D eigenvalue weighted by Gasteiger charge is 2.53. The number of nitrogens with one attached hydrogen (secondary N) is 1. The standard InChI is InChI=1S/C24H28N4O11/c1-13(29)34-12-19-20(36-14(2)30)21(37-15(3)31)22(38-16(4)32)23(39-19)28-10-18(26-27-28)11-35-24(33)25-17-8-6-5-7-9-17/h5-10,19-23H,11-12H2,1-4H3,(H,25,33)/t19-,20-,21+,22-,23-/m1/s1. The number of hydrogen-bond acceptors (Lipinski definition) is 13. The van der Waals surface area contributed by atoms with E-state index in [1.807, 2.05) is 0 Å². The Morgan fingerprint density at radius 2 is 1.46 bits per heavy atom. The van der Waals surface area contributed by atoms with Crippen LogP contribution in [0.4, 0.5) is 10.5 Å². The molecule has 0 bridgehead atoms. The lowest BCUT2D eigenvalue weighted by molar-refractivity contribution is -0.270. The van der Waals surface area contributed by atoms with Gasteiger partial charge in [0.2, 0.25) is 0 Å². The molecule has 0 radical (unpaired) electrons. The second-order valence-corrected chi connectivity index (χ2v) is 8.35. The molecule has 0 spiro atoms. The van der Waals surface area contributed by atoms with Crippen molar-refractivity contribution in [2.75, 3.05) is 11.9 Å². The van der Waals surface area contributed by atoms with Crippen molar-refractivity contribution < 1.29 is 52.4 Å². The van der Waals surface area contributed by atoms with Gasteiger partial charge in [-0.25, -0.2) is 9.48 Å². The fraction of sp³-hybridized carbons (Fsp3) is 0.458. The molecular formula is C24H28N4O11. The molecule has 15 nitrogen and oxygen atoms in total. The zero-order valence-electron chi connectivity index (χ0n) is 21.6. The van der Waals surface area contributed by atoms with Crippen LogP contribution in [0.5, 0.6) is 0 Å². The Labute approximate surface area is 222 Å². The van der Waals surface area contributed by atoms with Gasteiger partial charge in [0.15, 0.2) is 24.5 Å². The summed E-state index contributed by atoms with van der Waals surface area (Å²) in [7, 11) is 0. The maximum atomic E-state index is 12.1. The molecule has 1 fully saturated rings. The van der Waals surface area contributed by atoms with Gasteiger partial charge in [0.05, 0.1) is 6.20 Å². The van der Waals surface area contributed by atoms with Crippen LogP contribution in [0.15, 0.2) is 36.5 Å². The van der Waals surface area contributed by atoms with Crippen LogP contribution < -0.4 is 5.32 Å². The molecule has 3 rings (SSSR count). The van der Waals surface area contributed by atoms with E-state index in [1.165, 1.54) is 13.1 Å². The number of benzene rings is 1. The average molecular weight is 549 g/mol. The lowest BCUT2D eigenvalue weighted by Crippen LogP contribution is -2.60. The molecule has 2 heterocycles. The molecule has 1 aromatic carbocycles. The second kappa shape index (κ2) is 13.3. The Bertz CT molecular complexity index is 1190. The summed E-state index contributed by atoms with van der Waals surface area (Å²) in [5.41, 5.74) is 0.731. The summed E-state index contributed by atoms with van der Waals surface area (Å²) in [6.45, 7) is 3.87. The van der Waals surface area contributed by atoms with Crippen molar-refractivity contribution in [1.29, 1.82) is 0 Å². The smallest absolute Gasteiger partial charge is 0.412 e. The van der Waals surface area contributed by atoms with Crippen molar-refractivity contribution in [3.63, 3.8) is 0 Å². The van der Waals surface area contributed by atoms with Gasteiger partial charge in [-0.1, -0.05) is 23.4 Å². The Morgan fingerprint density at radius 1 is 0.846 bits per heavy atom. The van der Waals surface area contributed by atoms with Gasteiger partial charge in [-0.2, -0.15) is 0 Å². The molecule has 1 N–H and O–H groups in total. The van der Waals surface area contributed by atoms with Gasteiger partial charge in [-0.05, 0) is 12.1 Å². The van der Waals surface area contributed by atoms with Gasteiger partial charge in [0.1, 0.15) is 25.0 Å². The first-order chi connectivity index (χ1) is 18.5. The summed E-state index contributed by atoms with van der Waals surface area (Å²) in [4.78, 5) is 59.3. The predicted octanol–water partition coefficient (Wildman–Crippen LogP) is 1.28. The van der Waals surface area contributed by atoms with Crippen LogP contribution in [0.3, 0.4) is 0 Å². The summed E-state index contributed by atoms with van der Waals surface area (Å²) in [5.74, 6) is -2.91. The molecule has 1 aliphatic rings. The van der Waals surface area contributed by atoms with E-state index in [4.69, 9.17) is 28.4 Å². The van der Waals surface area contributed by atoms with Gasteiger partial charge in [0, 0.05) is 33.4 Å². The van der Waals surface area contributed by atoms with Gasteiger partial charge >= 0.3 is 30.0 Å². The lowest BCUT2D eigenvalue weighted by atomic mass is 9.97. The van der Waals surface area contributed by atoms with Crippen LogP contribution in [0.25, 0.3) is 0 Å². The molecule has 1 amide bonds. The van der Waals surface area contributed by atoms with Crippen molar-refractivity contribution in [2.24, 2.45) is 0 Å². The summed E-state index contributed by atoms with van der Waals surface area (Å²) in [5, 5.41) is 10.5. The largest absolute Gasteiger partial charge is 0.463 e. The number of para-hydroxylation sites is 1. The number of carbonyl (C=O) groups excluding carboxylic acids is 5. The van der Waals surface area contributed by atoms with E-state index in [9.17, 15) is 24.0 Å². The normalized spacial score (nSPS) is 22.2. The zero-order valence-corrected chi connectivity index (χ0v) is 21.6. The summed E-state index contributed by atoms with van der Waals surface area (Å²) in [6, 6.07) is 8.65. The SMILES string of the molecule is CC(=O)OC[C@H]1O[C@@H](n2cc(COC(=O)Nc3ccccc3)nn2)[C@H](OC(C)=O)[C@@H](OC(C)=O)[C@@H]1OC(C)=O. The van der Waals surface area contributed by atoms with E-state index in [-0.39, 0.29) is 12.3 Å². The third-order valence-corrected chi connectivity index (χ3v) is 5.16. The molecule has 0 saturated carbocycles. The Kier molecular flexibility index (Phi) is 9.92. The topological polar surface area (TPSA) is 183 Å². The number of ether oxygens (including phenoxy) is 6. The molecule has 5 atom stereocenters. The molecule has 1 aliphatic heterocycles. The lowest BCUT2D eigenvalue weighted by Gasteiger charge is -2.44. The quantitative estimate of drug-likeness (QED) is 0.349. The number of hydrogen-bond donors (Lipinski definition) is 1. The van der Waals surface area contributed by atoms with Crippen LogP contribution in [-0.2, 0) is 54.2 Å². The summed E-state index contributed by atoms with van der Waals surface area (Å²) in [6.07, 6.45) is -5.83. The van der Waals surface area contributed by atoms with Gasteiger partial charge < -0.3 is 28.4 Å². The highest BCUT2D eigenvalue weighted by atomic mass is 16.7. The molecular weight excluding hydrogens is 520 g/mol. The predicted molar refractivity (Wildman–Crippen MR) is 127 cm³/mol. The van der Waals surface area contributed by atoms with Crippen LogP contribution in [0.1, 0.15) is 39.6 Å². The first-order valence-corrected chi connectivity index (χ1v) is 11.7. The molecule has 210 valence electrons. The maximum absolute atomic E-state index is 12.1. The van der Waals surface area contributed by atoms with Crippen molar-refractivity contribution in [3.8, 4) is 0 Å². The minimum Gasteiger partial charge on any atom is -0.463 e. The van der Waals surface area contributed by atoms with E-state index in [0.717, 1.165) is 25.5 Å². The van der Waals surface area contributed by atoms with Crippen LogP contribution >= 0.6 is 0 Å². The van der Waals surface area contributed by atoms with Crippen LogP contribution in [0, 0.1) is 0 Å². The van der Waals surface area contributed by atoms with Crippen molar-refractivity contribution in [3.05, 3.63) is 42.2 Å². The molecule has 15 heteroatoms. The highest BCUT2D eigenvalue weighted by Crippen LogP contribution is 2.34. The Morgan fingerprint density at radius 3 is 2.08 bits per heavy atom. The Balaban J connectivity index is 1.85. The minimum absolute atomic E-state index is 0.200. The Hall–Kier alpha value is -4.53. The summed E-state index contributed by atoms with van der Waals surface area (Å²) < 4.78 is 33.5. The highest BCUT2D eigenvalue weighted by molar-refractivity contribution is 5.84. The van der Waals surface area contributed by atoms with Gasteiger partial charge in [-0.15, -0.1) is 5.10 Å². The third-order valence-electron chi connectivity index (χ3n) is 5.16. The van der Waals surface area contributed by atoms with E-state index in [2.05, 4.69) is 15.6 Å². The number of nitrogens with zero attached hydrogens (tertiary/aromatic N) is 3. The number of aromatic nitrogens is 3. The number of anilines is 1. The van der Waals surface area contributed by atoms with Crippen molar-refractivity contribution in [1.82, 2.24) is 15.0 Å². The van der Waals surface area contributed by atoms with E-state index in [1.54, 1.807) is 30.3 Å². The fourth-order valence-electron chi connectivity index (χ4n) is 3.74. The minimum atomic E-state index is -1.37.